The zero-order valence-corrected chi connectivity index (χ0v) is 11.7. The van der Waals surface area contributed by atoms with E-state index in [1.807, 2.05) is 19.1 Å². The van der Waals surface area contributed by atoms with Crippen molar-refractivity contribution >= 4 is 0 Å². The molecule has 0 radical (unpaired) electrons. The van der Waals surface area contributed by atoms with Gasteiger partial charge in [0.1, 0.15) is 5.82 Å². The van der Waals surface area contributed by atoms with Crippen molar-refractivity contribution in [1.82, 2.24) is 5.32 Å². The summed E-state index contributed by atoms with van der Waals surface area (Å²) in [6.45, 7) is 6.95. The van der Waals surface area contributed by atoms with Gasteiger partial charge in [0.15, 0.2) is 0 Å². The highest BCUT2D eigenvalue weighted by molar-refractivity contribution is 5.30. The van der Waals surface area contributed by atoms with Crippen LogP contribution in [0.1, 0.15) is 35.2 Å². The summed E-state index contributed by atoms with van der Waals surface area (Å²) in [5.41, 5.74) is 4.53. The predicted molar refractivity (Wildman–Crippen MR) is 77.6 cm³/mol. The van der Waals surface area contributed by atoms with Gasteiger partial charge in [-0.3, -0.25) is 0 Å². The van der Waals surface area contributed by atoms with Crippen LogP contribution < -0.4 is 5.32 Å². The van der Waals surface area contributed by atoms with Gasteiger partial charge in [0, 0.05) is 18.2 Å². The molecular weight excluding hydrogens is 237 g/mol. The molecule has 2 aromatic rings. The average molecular weight is 257 g/mol. The Bertz CT molecular complexity index is 563. The minimum atomic E-state index is -0.150. The van der Waals surface area contributed by atoms with Crippen molar-refractivity contribution in [2.24, 2.45) is 0 Å². The molecule has 0 fully saturated rings. The molecule has 0 aromatic heterocycles. The van der Waals surface area contributed by atoms with E-state index in [1.165, 1.54) is 22.8 Å². The number of hydrogen-bond donors (Lipinski definition) is 1. The van der Waals surface area contributed by atoms with Crippen LogP contribution in [0.3, 0.4) is 0 Å². The largest absolute Gasteiger partial charge is 0.306 e. The Morgan fingerprint density at radius 2 is 1.79 bits per heavy atom. The third-order valence-corrected chi connectivity index (χ3v) is 3.56. The third-order valence-electron chi connectivity index (χ3n) is 3.56. The molecule has 2 heteroatoms. The number of nitrogens with one attached hydrogen (secondary N) is 1. The molecular formula is C17H20FN. The summed E-state index contributed by atoms with van der Waals surface area (Å²) in [5.74, 6) is -0.150. The van der Waals surface area contributed by atoms with Crippen molar-refractivity contribution in [3.8, 4) is 0 Å². The topological polar surface area (TPSA) is 12.0 Å². The lowest BCUT2D eigenvalue weighted by Crippen LogP contribution is -2.19. The maximum absolute atomic E-state index is 13.6. The molecule has 0 aliphatic heterocycles. The summed E-state index contributed by atoms with van der Waals surface area (Å²) in [6.07, 6.45) is 0. The molecule has 0 amide bonds. The summed E-state index contributed by atoms with van der Waals surface area (Å²) in [5, 5.41) is 3.36. The van der Waals surface area contributed by atoms with Gasteiger partial charge in [-0.2, -0.15) is 0 Å². The molecule has 0 aliphatic rings. The minimum absolute atomic E-state index is 0.00260. The van der Waals surface area contributed by atoms with E-state index in [2.05, 4.69) is 37.4 Å². The van der Waals surface area contributed by atoms with Crippen LogP contribution in [0.4, 0.5) is 4.39 Å². The molecule has 0 saturated heterocycles. The van der Waals surface area contributed by atoms with Crippen LogP contribution in [0, 0.1) is 19.7 Å². The van der Waals surface area contributed by atoms with Crippen LogP contribution in [0.25, 0.3) is 0 Å². The molecule has 0 saturated carbocycles. The molecule has 2 aromatic carbocycles. The summed E-state index contributed by atoms with van der Waals surface area (Å²) in [6, 6.07) is 13.3. The molecule has 1 N–H and O–H groups in total. The summed E-state index contributed by atoms with van der Waals surface area (Å²) in [7, 11) is 0. The van der Waals surface area contributed by atoms with Gasteiger partial charge in [-0.1, -0.05) is 36.4 Å². The van der Waals surface area contributed by atoms with Crippen LogP contribution >= 0.6 is 0 Å². The van der Waals surface area contributed by atoms with Gasteiger partial charge in [-0.25, -0.2) is 4.39 Å². The van der Waals surface area contributed by atoms with Gasteiger partial charge in [0.25, 0.3) is 0 Å². The van der Waals surface area contributed by atoms with Crippen LogP contribution in [0.2, 0.25) is 0 Å². The quantitative estimate of drug-likeness (QED) is 0.861. The molecule has 0 aliphatic carbocycles. The van der Waals surface area contributed by atoms with E-state index in [1.54, 1.807) is 6.07 Å². The summed E-state index contributed by atoms with van der Waals surface area (Å²) in [4.78, 5) is 0. The number of benzene rings is 2. The third kappa shape index (κ3) is 3.42. The lowest BCUT2D eigenvalue weighted by atomic mass is 10.0. The van der Waals surface area contributed by atoms with Gasteiger partial charge < -0.3 is 5.32 Å². The van der Waals surface area contributed by atoms with Crippen molar-refractivity contribution in [3.63, 3.8) is 0 Å². The zero-order valence-electron chi connectivity index (χ0n) is 11.7. The van der Waals surface area contributed by atoms with Gasteiger partial charge >= 0.3 is 0 Å². The fourth-order valence-corrected chi connectivity index (χ4v) is 2.12. The lowest BCUT2D eigenvalue weighted by Gasteiger charge is -2.15. The van der Waals surface area contributed by atoms with Crippen LogP contribution in [0.5, 0.6) is 0 Å². The number of halogens is 1. The molecule has 1 atom stereocenters. The molecule has 0 spiro atoms. The highest BCUT2D eigenvalue weighted by Crippen LogP contribution is 2.17. The molecule has 19 heavy (non-hydrogen) atoms. The summed E-state index contributed by atoms with van der Waals surface area (Å²) >= 11 is 0. The normalized spacial score (nSPS) is 12.4. The zero-order chi connectivity index (χ0) is 13.8. The molecule has 1 nitrogen and oxygen atoms in total. The fourth-order valence-electron chi connectivity index (χ4n) is 2.12. The number of hydrogen-bond acceptors (Lipinski definition) is 1. The highest BCUT2D eigenvalue weighted by Gasteiger charge is 2.09. The Kier molecular flexibility index (Phi) is 4.33. The van der Waals surface area contributed by atoms with E-state index in [9.17, 15) is 4.39 Å². The molecule has 2 rings (SSSR count). The molecule has 0 unspecified atom stereocenters. The SMILES string of the molecule is Cc1ccc(CN[C@H](C)c2ccccc2F)cc1C. The van der Waals surface area contributed by atoms with Crippen LogP contribution in [-0.2, 0) is 6.54 Å². The maximum atomic E-state index is 13.6. The van der Waals surface area contributed by atoms with E-state index in [0.29, 0.717) is 5.56 Å². The first kappa shape index (κ1) is 13.8. The Balaban J connectivity index is 2.02. The second-order valence-electron chi connectivity index (χ2n) is 5.04. The van der Waals surface area contributed by atoms with Crippen molar-refractivity contribution in [1.29, 1.82) is 0 Å². The Morgan fingerprint density at radius 3 is 2.47 bits per heavy atom. The van der Waals surface area contributed by atoms with Crippen molar-refractivity contribution in [2.45, 2.75) is 33.4 Å². The van der Waals surface area contributed by atoms with Crippen molar-refractivity contribution in [2.75, 3.05) is 0 Å². The van der Waals surface area contributed by atoms with Crippen molar-refractivity contribution < 1.29 is 4.39 Å². The summed E-state index contributed by atoms with van der Waals surface area (Å²) < 4.78 is 13.6. The Hall–Kier alpha value is -1.67. The number of aryl methyl sites for hydroxylation is 2. The maximum Gasteiger partial charge on any atom is 0.127 e. The van der Waals surface area contributed by atoms with Gasteiger partial charge in [-0.15, -0.1) is 0 Å². The fraction of sp³-hybridized carbons (Fsp3) is 0.294. The number of rotatable bonds is 4. The monoisotopic (exact) mass is 257 g/mol. The first-order valence-electron chi connectivity index (χ1n) is 6.62. The molecule has 0 heterocycles. The Morgan fingerprint density at radius 1 is 1.05 bits per heavy atom. The van der Waals surface area contributed by atoms with Gasteiger partial charge in [0.2, 0.25) is 0 Å². The molecule has 100 valence electrons. The second kappa shape index (κ2) is 5.98. The van der Waals surface area contributed by atoms with Crippen LogP contribution in [0.15, 0.2) is 42.5 Å². The first-order valence-corrected chi connectivity index (χ1v) is 6.62. The minimum Gasteiger partial charge on any atom is -0.306 e. The van der Waals surface area contributed by atoms with E-state index >= 15 is 0 Å². The second-order valence-corrected chi connectivity index (χ2v) is 5.04. The van der Waals surface area contributed by atoms with E-state index in [0.717, 1.165) is 6.54 Å². The van der Waals surface area contributed by atoms with Crippen LogP contribution in [-0.4, -0.2) is 0 Å². The molecule has 0 bridgehead atoms. The van der Waals surface area contributed by atoms with E-state index in [-0.39, 0.29) is 11.9 Å². The average Bonchev–Trinajstić information content (AvgIpc) is 2.40. The standard InChI is InChI=1S/C17H20FN/c1-12-8-9-15(10-13(12)2)11-19-14(3)16-6-4-5-7-17(16)18/h4-10,14,19H,11H2,1-3H3/t14-/m1/s1. The van der Waals surface area contributed by atoms with Gasteiger partial charge in [-0.05, 0) is 43.5 Å². The first-order chi connectivity index (χ1) is 9.08. The lowest BCUT2D eigenvalue weighted by molar-refractivity contribution is 0.528. The van der Waals surface area contributed by atoms with Gasteiger partial charge in [0.05, 0.1) is 0 Å². The smallest absolute Gasteiger partial charge is 0.127 e. The Labute approximate surface area is 114 Å². The van der Waals surface area contributed by atoms with E-state index < -0.39 is 0 Å². The van der Waals surface area contributed by atoms with Crippen molar-refractivity contribution in [3.05, 3.63) is 70.5 Å². The highest BCUT2D eigenvalue weighted by atomic mass is 19.1. The predicted octanol–water partition coefficient (Wildman–Crippen LogP) is 4.29. The van der Waals surface area contributed by atoms with E-state index in [4.69, 9.17) is 0 Å².